The fourth-order valence-corrected chi connectivity index (χ4v) is 3.11. The van der Waals surface area contributed by atoms with Crippen molar-refractivity contribution in [2.24, 2.45) is 11.8 Å². The number of hydrogen-bond donors (Lipinski definition) is 2. The number of carboxylic acids is 2. The third-order valence-electron chi connectivity index (χ3n) is 4.32. The molecule has 2 unspecified atom stereocenters. The molecule has 4 heteroatoms. The number of unbranched alkanes of at least 4 members (excludes halogenated alkanes) is 4. The zero-order chi connectivity index (χ0) is 16.8. The van der Waals surface area contributed by atoms with Gasteiger partial charge in [0.15, 0.2) is 0 Å². The molecule has 0 amide bonds. The topological polar surface area (TPSA) is 74.6 Å². The molecule has 0 aliphatic heterocycles. The van der Waals surface area contributed by atoms with Crippen LogP contribution in [0.2, 0.25) is 0 Å². The average molecular weight is 314 g/mol. The highest BCUT2D eigenvalue weighted by molar-refractivity contribution is 5.67. The second kappa shape index (κ2) is 13.6. The van der Waals surface area contributed by atoms with Crippen molar-refractivity contribution in [1.29, 1.82) is 0 Å². The van der Waals surface area contributed by atoms with Crippen LogP contribution in [0.25, 0.3) is 0 Å². The summed E-state index contributed by atoms with van der Waals surface area (Å²) in [4.78, 5) is 21.9. The summed E-state index contributed by atoms with van der Waals surface area (Å²) in [5.41, 5.74) is 0. The van der Waals surface area contributed by atoms with Crippen LogP contribution in [0.4, 0.5) is 0 Å². The highest BCUT2D eigenvalue weighted by Crippen LogP contribution is 2.26. The molecule has 0 aromatic carbocycles. The Bertz CT molecular complexity index is 301. The predicted octanol–water partition coefficient (Wildman–Crippen LogP) is 5.11. The fourth-order valence-electron chi connectivity index (χ4n) is 3.11. The summed E-state index contributed by atoms with van der Waals surface area (Å²) >= 11 is 0. The molecule has 0 saturated carbocycles. The highest BCUT2D eigenvalue weighted by atomic mass is 16.4. The molecule has 2 atom stereocenters. The van der Waals surface area contributed by atoms with Crippen molar-refractivity contribution in [3.8, 4) is 0 Å². The lowest BCUT2D eigenvalue weighted by Crippen LogP contribution is -2.13. The van der Waals surface area contributed by atoms with E-state index in [4.69, 9.17) is 10.2 Å². The van der Waals surface area contributed by atoms with Gasteiger partial charge in [0, 0.05) is 12.8 Å². The molecule has 0 saturated heterocycles. The maximum atomic E-state index is 11.0. The van der Waals surface area contributed by atoms with Crippen molar-refractivity contribution in [1.82, 2.24) is 0 Å². The minimum Gasteiger partial charge on any atom is -0.481 e. The van der Waals surface area contributed by atoms with Gasteiger partial charge in [0.05, 0.1) is 0 Å². The molecule has 0 aliphatic carbocycles. The highest BCUT2D eigenvalue weighted by Gasteiger charge is 2.18. The number of carboxylic acid groups (broad SMARTS) is 2. The first-order chi connectivity index (χ1) is 10.5. The van der Waals surface area contributed by atoms with Crippen LogP contribution in [0, 0.1) is 11.8 Å². The molecule has 0 aliphatic rings. The Kier molecular flexibility index (Phi) is 12.9. The van der Waals surface area contributed by atoms with Crippen LogP contribution in [0.1, 0.15) is 90.9 Å². The lowest BCUT2D eigenvalue weighted by molar-refractivity contribution is -0.139. The lowest BCUT2D eigenvalue weighted by Gasteiger charge is -2.19. The van der Waals surface area contributed by atoms with Gasteiger partial charge in [-0.1, -0.05) is 58.8 Å². The van der Waals surface area contributed by atoms with Crippen molar-refractivity contribution in [2.75, 3.05) is 0 Å². The lowest BCUT2D eigenvalue weighted by atomic mass is 9.86. The number of carbonyl (C=O) groups is 2. The molecule has 22 heavy (non-hydrogen) atoms. The molecule has 0 heterocycles. The molecule has 0 bridgehead atoms. The first-order valence-corrected chi connectivity index (χ1v) is 8.93. The fraction of sp³-hybridized carbons (Fsp3) is 0.889. The minimum atomic E-state index is -0.743. The van der Waals surface area contributed by atoms with E-state index in [-0.39, 0.29) is 24.7 Å². The van der Waals surface area contributed by atoms with Gasteiger partial charge in [-0.25, -0.2) is 0 Å². The Morgan fingerprint density at radius 3 is 1.64 bits per heavy atom. The molecule has 0 spiro atoms. The van der Waals surface area contributed by atoms with Crippen LogP contribution in [-0.2, 0) is 9.59 Å². The first-order valence-electron chi connectivity index (χ1n) is 8.93. The van der Waals surface area contributed by atoms with Crippen LogP contribution < -0.4 is 0 Å². The Morgan fingerprint density at radius 1 is 0.682 bits per heavy atom. The minimum absolute atomic E-state index is 0.193. The van der Waals surface area contributed by atoms with E-state index in [9.17, 15) is 9.59 Å². The Hall–Kier alpha value is -1.06. The summed E-state index contributed by atoms with van der Waals surface area (Å²) < 4.78 is 0. The molecule has 0 rings (SSSR count). The van der Waals surface area contributed by atoms with Crippen molar-refractivity contribution in [3.63, 3.8) is 0 Å². The smallest absolute Gasteiger partial charge is 0.303 e. The van der Waals surface area contributed by atoms with E-state index in [1.807, 2.05) is 0 Å². The van der Waals surface area contributed by atoms with Crippen LogP contribution in [0.5, 0.6) is 0 Å². The zero-order valence-corrected chi connectivity index (χ0v) is 14.4. The van der Waals surface area contributed by atoms with Crippen molar-refractivity contribution >= 4 is 11.9 Å². The molecule has 0 radical (unpaired) electrons. The number of hydrogen-bond acceptors (Lipinski definition) is 2. The van der Waals surface area contributed by atoms with Gasteiger partial charge in [-0.15, -0.1) is 0 Å². The van der Waals surface area contributed by atoms with Gasteiger partial charge in [-0.2, -0.15) is 0 Å². The molecule has 0 aromatic heterocycles. The maximum Gasteiger partial charge on any atom is 0.303 e. The normalized spacial score (nSPS) is 13.7. The molecule has 4 nitrogen and oxygen atoms in total. The van der Waals surface area contributed by atoms with Crippen molar-refractivity contribution in [3.05, 3.63) is 0 Å². The largest absolute Gasteiger partial charge is 0.481 e. The van der Waals surface area contributed by atoms with Gasteiger partial charge in [-0.05, 0) is 31.1 Å². The summed E-state index contributed by atoms with van der Waals surface area (Å²) in [6.07, 6.45) is 11.0. The van der Waals surface area contributed by atoms with Gasteiger partial charge in [0.25, 0.3) is 0 Å². The van der Waals surface area contributed by atoms with Gasteiger partial charge >= 0.3 is 11.9 Å². The monoisotopic (exact) mass is 314 g/mol. The second-order valence-corrected chi connectivity index (χ2v) is 6.50. The third kappa shape index (κ3) is 12.7. The van der Waals surface area contributed by atoms with Gasteiger partial charge < -0.3 is 10.2 Å². The van der Waals surface area contributed by atoms with Crippen LogP contribution in [-0.4, -0.2) is 22.2 Å². The Balaban J connectivity index is 4.19. The molecule has 2 N–H and O–H groups in total. The van der Waals surface area contributed by atoms with E-state index in [1.165, 1.54) is 25.7 Å². The van der Waals surface area contributed by atoms with E-state index >= 15 is 0 Å². The van der Waals surface area contributed by atoms with E-state index in [1.54, 1.807) is 0 Å². The van der Waals surface area contributed by atoms with E-state index in [0.717, 1.165) is 38.5 Å². The van der Waals surface area contributed by atoms with Crippen LogP contribution in [0.3, 0.4) is 0 Å². The molecule has 0 aromatic rings. The number of aliphatic carboxylic acids is 2. The van der Waals surface area contributed by atoms with E-state index in [0.29, 0.717) is 0 Å². The summed E-state index contributed by atoms with van der Waals surface area (Å²) in [5, 5.41) is 18.0. The second-order valence-electron chi connectivity index (χ2n) is 6.50. The van der Waals surface area contributed by atoms with Gasteiger partial charge in [-0.3, -0.25) is 9.59 Å². The Morgan fingerprint density at radius 2 is 1.18 bits per heavy atom. The quantitative estimate of drug-likeness (QED) is 0.412. The van der Waals surface area contributed by atoms with Gasteiger partial charge in [0.2, 0.25) is 0 Å². The summed E-state index contributed by atoms with van der Waals surface area (Å²) in [6.45, 7) is 4.25. The maximum absolute atomic E-state index is 11.0. The SMILES string of the molecule is CCCCCCCC(CCC(CCC)CC(=O)O)CC(=O)O. The first kappa shape index (κ1) is 20.9. The molecule has 130 valence electrons. The molecule has 0 fully saturated rings. The average Bonchev–Trinajstić information content (AvgIpc) is 2.43. The number of rotatable bonds is 15. The zero-order valence-electron chi connectivity index (χ0n) is 14.4. The van der Waals surface area contributed by atoms with Gasteiger partial charge in [0.1, 0.15) is 0 Å². The standard InChI is InChI=1S/C18H34O4/c1-3-5-6-7-8-10-16(14-18(21)22)12-11-15(9-4-2)13-17(19)20/h15-16H,3-14H2,1-2H3,(H,19,20)(H,21,22). The van der Waals surface area contributed by atoms with Crippen molar-refractivity contribution < 1.29 is 19.8 Å². The molecular formula is C18H34O4. The summed E-state index contributed by atoms with van der Waals surface area (Å²) in [7, 11) is 0. The van der Waals surface area contributed by atoms with E-state index < -0.39 is 11.9 Å². The predicted molar refractivity (Wildman–Crippen MR) is 89.0 cm³/mol. The summed E-state index contributed by atoms with van der Waals surface area (Å²) in [6, 6.07) is 0. The van der Waals surface area contributed by atoms with Crippen LogP contribution >= 0.6 is 0 Å². The van der Waals surface area contributed by atoms with Crippen LogP contribution in [0.15, 0.2) is 0 Å². The Labute approximate surface area is 135 Å². The van der Waals surface area contributed by atoms with E-state index in [2.05, 4.69) is 13.8 Å². The van der Waals surface area contributed by atoms with Crippen molar-refractivity contribution in [2.45, 2.75) is 90.9 Å². The third-order valence-corrected chi connectivity index (χ3v) is 4.32. The summed E-state index contributed by atoms with van der Waals surface area (Å²) in [5.74, 6) is -1.08. The molecular weight excluding hydrogens is 280 g/mol.